The molecule has 0 spiro atoms. The van der Waals surface area contributed by atoms with Crippen molar-refractivity contribution in [2.45, 2.75) is 31.7 Å². The molecule has 5 heteroatoms. The van der Waals surface area contributed by atoms with E-state index < -0.39 is 11.7 Å². The number of hydrogen-bond acceptors (Lipinski definition) is 3. The molecule has 3 aromatic rings. The van der Waals surface area contributed by atoms with Crippen molar-refractivity contribution >= 4 is 17.2 Å². The van der Waals surface area contributed by atoms with Gasteiger partial charge in [0.2, 0.25) is 0 Å². The number of ether oxygens (including phenoxy) is 1. The number of fused-ring (bicyclic) bond motifs is 1. The zero-order valence-corrected chi connectivity index (χ0v) is 15.3. The molecule has 1 fully saturated rings. The minimum absolute atomic E-state index is 0.108. The molecule has 0 atom stereocenters. The van der Waals surface area contributed by atoms with E-state index in [0.29, 0.717) is 5.69 Å². The number of carbonyl (C=O) groups excluding carboxylic acids is 2. The Morgan fingerprint density at radius 3 is 2.52 bits per heavy atom. The lowest BCUT2D eigenvalue weighted by Crippen LogP contribution is -2.38. The quantitative estimate of drug-likeness (QED) is 0.554. The third-order valence-corrected chi connectivity index (χ3v) is 5.19. The standard InChI is InChI=1S/C22H22N2O3/c1-27-18-11-9-15(10-12-18)19-14-17-8-4-5-13-24(17)20(19)21(25)22(26)23-16-6-2-3-7-16/h4-5,8-14,16H,2-3,6-7H2,1H3,(H,23,26). The fourth-order valence-electron chi connectivity index (χ4n) is 3.77. The number of nitrogens with zero attached hydrogens (tertiary/aromatic N) is 1. The Morgan fingerprint density at radius 1 is 1.07 bits per heavy atom. The Balaban J connectivity index is 1.75. The normalized spacial score (nSPS) is 14.4. The number of benzene rings is 1. The second-order valence-electron chi connectivity index (χ2n) is 6.91. The van der Waals surface area contributed by atoms with Crippen LogP contribution in [0.2, 0.25) is 0 Å². The zero-order chi connectivity index (χ0) is 18.8. The van der Waals surface area contributed by atoms with Crippen molar-refractivity contribution in [2.75, 3.05) is 7.11 Å². The van der Waals surface area contributed by atoms with Crippen molar-refractivity contribution < 1.29 is 14.3 Å². The SMILES string of the molecule is COc1ccc(-c2cc3ccccn3c2C(=O)C(=O)NC2CCCC2)cc1. The molecule has 2 aromatic heterocycles. The maximum Gasteiger partial charge on any atom is 0.294 e. The molecule has 0 bridgehead atoms. The minimum Gasteiger partial charge on any atom is -0.497 e. The topological polar surface area (TPSA) is 59.8 Å². The minimum atomic E-state index is -0.527. The lowest BCUT2D eigenvalue weighted by atomic mass is 10.0. The number of pyridine rings is 1. The van der Waals surface area contributed by atoms with E-state index in [-0.39, 0.29) is 6.04 Å². The number of nitrogens with one attached hydrogen (secondary N) is 1. The van der Waals surface area contributed by atoms with Crippen LogP contribution in [0.5, 0.6) is 5.75 Å². The Bertz CT molecular complexity index is 982. The van der Waals surface area contributed by atoms with E-state index in [1.165, 1.54) is 0 Å². The summed E-state index contributed by atoms with van der Waals surface area (Å²) in [6.45, 7) is 0. The largest absolute Gasteiger partial charge is 0.497 e. The van der Waals surface area contributed by atoms with Gasteiger partial charge in [-0.05, 0) is 48.7 Å². The average Bonchev–Trinajstić information content (AvgIpc) is 3.35. The highest BCUT2D eigenvalue weighted by molar-refractivity contribution is 6.43. The molecule has 1 amide bonds. The molecule has 2 heterocycles. The Morgan fingerprint density at radius 2 is 1.81 bits per heavy atom. The first-order chi connectivity index (χ1) is 13.2. The third-order valence-electron chi connectivity index (χ3n) is 5.19. The van der Waals surface area contributed by atoms with Crippen molar-refractivity contribution in [1.82, 2.24) is 9.72 Å². The van der Waals surface area contributed by atoms with Gasteiger partial charge in [-0.2, -0.15) is 0 Å². The predicted octanol–water partition coefficient (Wildman–Crippen LogP) is 3.86. The number of aromatic nitrogens is 1. The van der Waals surface area contributed by atoms with Gasteiger partial charge in [0.1, 0.15) is 11.4 Å². The van der Waals surface area contributed by atoms with Crippen LogP contribution in [0.1, 0.15) is 36.2 Å². The monoisotopic (exact) mass is 362 g/mol. The first kappa shape index (κ1) is 17.3. The maximum atomic E-state index is 13.1. The van der Waals surface area contributed by atoms with Crippen LogP contribution in [0.3, 0.4) is 0 Å². The van der Waals surface area contributed by atoms with Crippen molar-refractivity contribution in [3.05, 3.63) is 60.4 Å². The van der Waals surface area contributed by atoms with Crippen LogP contribution in [0.4, 0.5) is 0 Å². The summed E-state index contributed by atoms with van der Waals surface area (Å²) in [5.41, 5.74) is 2.89. The van der Waals surface area contributed by atoms with E-state index in [4.69, 9.17) is 4.74 Å². The van der Waals surface area contributed by atoms with Gasteiger partial charge in [0.05, 0.1) is 7.11 Å². The smallest absolute Gasteiger partial charge is 0.294 e. The molecule has 1 saturated carbocycles. The van der Waals surface area contributed by atoms with E-state index in [0.717, 1.165) is 48.1 Å². The second kappa shape index (κ2) is 7.27. The summed E-state index contributed by atoms with van der Waals surface area (Å²) >= 11 is 0. The first-order valence-electron chi connectivity index (χ1n) is 9.27. The number of carbonyl (C=O) groups is 2. The van der Waals surface area contributed by atoms with Crippen LogP contribution in [0, 0.1) is 0 Å². The molecule has 1 aromatic carbocycles. The summed E-state index contributed by atoms with van der Waals surface area (Å²) in [6, 6.07) is 15.3. The molecule has 0 unspecified atom stereocenters. The number of hydrogen-bond donors (Lipinski definition) is 1. The van der Waals surface area contributed by atoms with E-state index in [9.17, 15) is 9.59 Å². The van der Waals surface area contributed by atoms with Gasteiger partial charge >= 0.3 is 0 Å². The Kier molecular flexibility index (Phi) is 4.67. The van der Waals surface area contributed by atoms with Crippen molar-refractivity contribution in [3.63, 3.8) is 0 Å². The number of amides is 1. The van der Waals surface area contributed by atoms with E-state index in [1.54, 1.807) is 11.5 Å². The molecule has 138 valence electrons. The molecule has 1 N–H and O–H groups in total. The van der Waals surface area contributed by atoms with Crippen molar-refractivity contribution in [3.8, 4) is 16.9 Å². The van der Waals surface area contributed by atoms with Crippen LogP contribution in [0.15, 0.2) is 54.7 Å². The summed E-state index contributed by atoms with van der Waals surface area (Å²) < 4.78 is 7.01. The molecule has 1 aliphatic carbocycles. The van der Waals surface area contributed by atoms with Gasteiger partial charge in [-0.15, -0.1) is 0 Å². The van der Waals surface area contributed by atoms with Gasteiger partial charge in [0.25, 0.3) is 11.7 Å². The first-order valence-corrected chi connectivity index (χ1v) is 9.27. The van der Waals surface area contributed by atoms with E-state index in [1.807, 2.05) is 54.7 Å². The zero-order valence-electron chi connectivity index (χ0n) is 15.3. The fraction of sp³-hybridized carbons (Fsp3) is 0.273. The second-order valence-corrected chi connectivity index (χ2v) is 6.91. The average molecular weight is 362 g/mol. The van der Waals surface area contributed by atoms with E-state index >= 15 is 0 Å². The number of methoxy groups -OCH3 is 1. The van der Waals surface area contributed by atoms with Crippen molar-refractivity contribution in [1.29, 1.82) is 0 Å². The lowest BCUT2D eigenvalue weighted by Gasteiger charge is -2.12. The Hall–Kier alpha value is -3.08. The fourth-order valence-corrected chi connectivity index (χ4v) is 3.77. The van der Waals surface area contributed by atoms with Gasteiger partial charge in [0.15, 0.2) is 0 Å². The van der Waals surface area contributed by atoms with Gasteiger partial charge in [-0.3, -0.25) is 9.59 Å². The highest BCUT2D eigenvalue weighted by Gasteiger charge is 2.27. The molecular formula is C22H22N2O3. The summed E-state index contributed by atoms with van der Waals surface area (Å²) in [5, 5.41) is 2.91. The molecule has 0 saturated heterocycles. The number of Topliss-reactive ketones (excluding diaryl/α,β-unsaturated/α-hetero) is 1. The van der Waals surface area contributed by atoms with Gasteiger partial charge in [0, 0.05) is 23.3 Å². The summed E-state index contributed by atoms with van der Waals surface area (Å²) in [4.78, 5) is 25.7. The summed E-state index contributed by atoms with van der Waals surface area (Å²) in [6.07, 6.45) is 5.91. The summed E-state index contributed by atoms with van der Waals surface area (Å²) in [7, 11) is 1.62. The van der Waals surface area contributed by atoms with Crippen LogP contribution in [-0.2, 0) is 4.79 Å². The lowest BCUT2D eigenvalue weighted by molar-refractivity contribution is -0.117. The van der Waals surface area contributed by atoms with Gasteiger partial charge in [-0.25, -0.2) is 0 Å². The summed E-state index contributed by atoms with van der Waals surface area (Å²) in [5.74, 6) is -0.284. The molecular weight excluding hydrogens is 340 g/mol. The van der Waals surface area contributed by atoms with E-state index in [2.05, 4.69) is 5.32 Å². The van der Waals surface area contributed by atoms with Crippen molar-refractivity contribution in [2.24, 2.45) is 0 Å². The highest BCUT2D eigenvalue weighted by atomic mass is 16.5. The van der Waals surface area contributed by atoms with Crippen LogP contribution in [-0.4, -0.2) is 29.2 Å². The van der Waals surface area contributed by atoms with Crippen LogP contribution < -0.4 is 10.1 Å². The number of rotatable bonds is 5. The van der Waals surface area contributed by atoms with Crippen LogP contribution in [0.25, 0.3) is 16.6 Å². The van der Waals surface area contributed by atoms with Crippen LogP contribution >= 0.6 is 0 Å². The molecule has 0 radical (unpaired) electrons. The maximum absolute atomic E-state index is 13.1. The van der Waals surface area contributed by atoms with Gasteiger partial charge < -0.3 is 14.5 Å². The molecule has 5 nitrogen and oxygen atoms in total. The molecule has 0 aliphatic heterocycles. The van der Waals surface area contributed by atoms with Gasteiger partial charge in [-0.1, -0.05) is 31.0 Å². The molecule has 27 heavy (non-hydrogen) atoms. The Labute approximate surface area is 158 Å². The highest BCUT2D eigenvalue weighted by Crippen LogP contribution is 2.30. The number of ketones is 1. The predicted molar refractivity (Wildman–Crippen MR) is 104 cm³/mol. The molecule has 1 aliphatic rings. The third kappa shape index (κ3) is 3.33. The molecule has 4 rings (SSSR count).